The van der Waals surface area contributed by atoms with Gasteiger partial charge in [0, 0.05) is 32.1 Å². The minimum Gasteiger partial charge on any atom is -0.493 e. The van der Waals surface area contributed by atoms with E-state index in [0.717, 1.165) is 65.2 Å². The standard InChI is InChI=1S/C26H34N2O7/c1-31-26(30)18-3-5-19(6-4-18)35-23-16-33-25-20(24(23)29)7-8-22-21(25)15-28(17-34-22)10-2-9-27-11-13-32-14-12-27/h3-6,16,20-22,25H,2,7-15,17H2,1H3. The normalized spacial score (nSPS) is 29.4. The van der Waals surface area contributed by atoms with Crippen LogP contribution in [-0.4, -0.2) is 93.5 Å². The molecule has 4 aliphatic rings. The monoisotopic (exact) mass is 486 g/mol. The first-order chi connectivity index (χ1) is 17.1. The Kier molecular flexibility index (Phi) is 7.67. The van der Waals surface area contributed by atoms with Crippen LogP contribution in [0.4, 0.5) is 0 Å². The maximum atomic E-state index is 13.3. The predicted molar refractivity (Wildman–Crippen MR) is 126 cm³/mol. The molecule has 4 unspecified atom stereocenters. The number of carbonyl (C=O) groups is 2. The molecule has 2 saturated heterocycles. The molecule has 0 spiro atoms. The summed E-state index contributed by atoms with van der Waals surface area (Å²) >= 11 is 0. The van der Waals surface area contributed by atoms with E-state index in [9.17, 15) is 9.59 Å². The van der Waals surface area contributed by atoms with E-state index in [4.69, 9.17) is 23.7 Å². The van der Waals surface area contributed by atoms with Crippen molar-refractivity contribution in [2.24, 2.45) is 11.8 Å². The number of Topliss-reactive ketones (excluding diaryl/α,β-unsaturated/α-hetero) is 1. The van der Waals surface area contributed by atoms with Gasteiger partial charge < -0.3 is 23.7 Å². The lowest BCUT2D eigenvalue weighted by atomic mass is 9.73. The van der Waals surface area contributed by atoms with Gasteiger partial charge in [-0.2, -0.15) is 0 Å². The molecule has 0 aromatic heterocycles. The highest BCUT2D eigenvalue weighted by atomic mass is 16.5. The van der Waals surface area contributed by atoms with Gasteiger partial charge in [0.15, 0.2) is 0 Å². The summed E-state index contributed by atoms with van der Waals surface area (Å²) in [6.45, 7) is 7.21. The number of nitrogens with zero attached hydrogens (tertiary/aromatic N) is 2. The third kappa shape index (κ3) is 5.53. The number of fused-ring (bicyclic) bond motifs is 3. The molecular weight excluding hydrogens is 452 g/mol. The highest BCUT2D eigenvalue weighted by Crippen LogP contribution is 2.40. The quantitative estimate of drug-likeness (QED) is 0.538. The maximum absolute atomic E-state index is 13.3. The van der Waals surface area contributed by atoms with Crippen LogP contribution in [-0.2, 0) is 23.7 Å². The van der Waals surface area contributed by atoms with Gasteiger partial charge in [0.25, 0.3) is 0 Å². The number of hydrogen-bond acceptors (Lipinski definition) is 9. The lowest BCUT2D eigenvalue weighted by Gasteiger charge is -2.48. The van der Waals surface area contributed by atoms with E-state index in [-0.39, 0.29) is 35.6 Å². The fourth-order valence-corrected chi connectivity index (χ4v) is 5.55. The summed E-state index contributed by atoms with van der Waals surface area (Å²) in [4.78, 5) is 29.7. The van der Waals surface area contributed by atoms with Gasteiger partial charge >= 0.3 is 5.97 Å². The Bertz CT molecular complexity index is 928. The average Bonchev–Trinajstić information content (AvgIpc) is 2.90. The minimum absolute atomic E-state index is 0.0267. The molecule has 1 aromatic rings. The molecule has 0 N–H and O–H groups in total. The summed E-state index contributed by atoms with van der Waals surface area (Å²) in [6, 6.07) is 6.51. The molecule has 0 amide bonds. The van der Waals surface area contributed by atoms with Crippen molar-refractivity contribution in [1.29, 1.82) is 0 Å². The van der Waals surface area contributed by atoms with Crippen LogP contribution in [0.2, 0.25) is 0 Å². The summed E-state index contributed by atoms with van der Waals surface area (Å²) in [5.74, 6) is 0.156. The van der Waals surface area contributed by atoms with Crippen LogP contribution in [0.25, 0.3) is 0 Å². The fourth-order valence-electron chi connectivity index (χ4n) is 5.55. The molecule has 4 atom stereocenters. The average molecular weight is 487 g/mol. The van der Waals surface area contributed by atoms with Crippen molar-refractivity contribution < 1.29 is 33.3 Å². The zero-order valence-corrected chi connectivity index (χ0v) is 20.2. The minimum atomic E-state index is -0.419. The largest absolute Gasteiger partial charge is 0.493 e. The molecule has 9 nitrogen and oxygen atoms in total. The third-order valence-corrected chi connectivity index (χ3v) is 7.47. The van der Waals surface area contributed by atoms with Gasteiger partial charge in [-0.15, -0.1) is 0 Å². The molecule has 3 aliphatic heterocycles. The number of hydrogen-bond donors (Lipinski definition) is 0. The van der Waals surface area contributed by atoms with Gasteiger partial charge in [-0.1, -0.05) is 0 Å². The molecule has 1 saturated carbocycles. The Labute approximate surface area is 205 Å². The molecule has 35 heavy (non-hydrogen) atoms. The number of morpholine rings is 1. The zero-order chi connectivity index (χ0) is 24.2. The van der Waals surface area contributed by atoms with Crippen molar-refractivity contribution in [1.82, 2.24) is 9.80 Å². The number of carbonyl (C=O) groups excluding carboxylic acids is 2. The Morgan fingerprint density at radius 3 is 2.63 bits per heavy atom. The summed E-state index contributed by atoms with van der Waals surface area (Å²) in [5.41, 5.74) is 0.422. The molecule has 9 heteroatoms. The van der Waals surface area contributed by atoms with E-state index in [0.29, 0.717) is 18.0 Å². The number of rotatable bonds is 7. The van der Waals surface area contributed by atoms with E-state index in [1.807, 2.05) is 0 Å². The summed E-state index contributed by atoms with van der Waals surface area (Å²) in [5, 5.41) is 0. The van der Waals surface area contributed by atoms with Crippen molar-refractivity contribution in [3.63, 3.8) is 0 Å². The first-order valence-corrected chi connectivity index (χ1v) is 12.5. The van der Waals surface area contributed by atoms with Crippen molar-refractivity contribution in [2.75, 3.05) is 59.8 Å². The van der Waals surface area contributed by atoms with Crippen LogP contribution in [0, 0.1) is 11.8 Å². The van der Waals surface area contributed by atoms with Crippen LogP contribution < -0.4 is 4.74 Å². The van der Waals surface area contributed by atoms with Crippen LogP contribution in [0.1, 0.15) is 29.6 Å². The molecular formula is C26H34N2O7. The van der Waals surface area contributed by atoms with Gasteiger partial charge in [0.05, 0.1) is 44.6 Å². The smallest absolute Gasteiger partial charge is 0.337 e. The maximum Gasteiger partial charge on any atom is 0.337 e. The molecule has 5 rings (SSSR count). The lowest BCUT2D eigenvalue weighted by Crippen LogP contribution is -2.57. The Hall–Kier alpha value is -2.46. The van der Waals surface area contributed by atoms with Crippen LogP contribution >= 0.6 is 0 Å². The number of ketones is 1. The van der Waals surface area contributed by atoms with Crippen LogP contribution in [0.5, 0.6) is 5.75 Å². The zero-order valence-electron chi connectivity index (χ0n) is 20.2. The van der Waals surface area contributed by atoms with Crippen molar-refractivity contribution in [3.05, 3.63) is 41.9 Å². The van der Waals surface area contributed by atoms with Gasteiger partial charge in [-0.25, -0.2) is 4.79 Å². The second-order valence-electron chi connectivity index (χ2n) is 9.63. The number of benzene rings is 1. The topological polar surface area (TPSA) is 86.8 Å². The van der Waals surface area contributed by atoms with Gasteiger partial charge in [0.1, 0.15) is 18.1 Å². The molecule has 3 fully saturated rings. The molecule has 1 aliphatic carbocycles. The van der Waals surface area contributed by atoms with Crippen LogP contribution in [0.15, 0.2) is 36.3 Å². The lowest BCUT2D eigenvalue weighted by molar-refractivity contribution is -0.173. The van der Waals surface area contributed by atoms with E-state index in [2.05, 4.69) is 9.80 Å². The Morgan fingerprint density at radius 2 is 1.86 bits per heavy atom. The Balaban J connectivity index is 1.17. The third-order valence-electron chi connectivity index (χ3n) is 7.47. The molecule has 1 aromatic carbocycles. The molecule has 0 bridgehead atoms. The SMILES string of the molecule is COC(=O)c1ccc(OC2=COC3C(CCC4OCN(CCCN5CCOCC5)CC43)C2=O)cc1. The Morgan fingerprint density at radius 1 is 1.09 bits per heavy atom. The highest BCUT2D eigenvalue weighted by Gasteiger charge is 2.49. The van der Waals surface area contributed by atoms with E-state index in [1.165, 1.54) is 13.4 Å². The van der Waals surface area contributed by atoms with E-state index in [1.54, 1.807) is 24.3 Å². The summed E-state index contributed by atoms with van der Waals surface area (Å²) in [7, 11) is 1.34. The highest BCUT2D eigenvalue weighted by molar-refractivity contribution is 5.96. The molecule has 0 radical (unpaired) electrons. The van der Waals surface area contributed by atoms with Crippen LogP contribution in [0.3, 0.4) is 0 Å². The predicted octanol–water partition coefficient (Wildman–Crippen LogP) is 2.07. The number of allylic oxidation sites excluding steroid dienone is 1. The van der Waals surface area contributed by atoms with Gasteiger partial charge in [-0.05, 0) is 50.1 Å². The second-order valence-corrected chi connectivity index (χ2v) is 9.63. The van der Waals surface area contributed by atoms with Crippen molar-refractivity contribution >= 4 is 11.8 Å². The van der Waals surface area contributed by atoms with Gasteiger partial charge in [-0.3, -0.25) is 14.6 Å². The molecule has 3 heterocycles. The molecule has 190 valence electrons. The van der Waals surface area contributed by atoms with E-state index >= 15 is 0 Å². The second kappa shape index (κ2) is 11.1. The summed E-state index contributed by atoms with van der Waals surface area (Å²) in [6.07, 6.45) is 4.05. The number of ether oxygens (including phenoxy) is 5. The number of esters is 1. The summed E-state index contributed by atoms with van der Waals surface area (Å²) < 4.78 is 28.3. The van der Waals surface area contributed by atoms with Gasteiger partial charge in [0.2, 0.25) is 11.5 Å². The first-order valence-electron chi connectivity index (χ1n) is 12.5. The fraction of sp³-hybridized carbons (Fsp3) is 0.615. The van der Waals surface area contributed by atoms with Crippen molar-refractivity contribution in [3.8, 4) is 5.75 Å². The first kappa shape index (κ1) is 24.2. The van der Waals surface area contributed by atoms with E-state index < -0.39 is 5.97 Å². The number of methoxy groups -OCH3 is 1. The van der Waals surface area contributed by atoms with Crippen molar-refractivity contribution in [2.45, 2.75) is 31.5 Å².